The molecule has 2 rings (SSSR count). The largest absolute Gasteiger partial charge is 0.496 e. The summed E-state index contributed by atoms with van der Waals surface area (Å²) in [4.78, 5) is 25.6. The van der Waals surface area contributed by atoms with Crippen molar-refractivity contribution in [2.75, 3.05) is 38.6 Å². The molecule has 1 aromatic rings. The highest BCUT2D eigenvalue weighted by Gasteiger charge is 2.24. The van der Waals surface area contributed by atoms with E-state index in [0.29, 0.717) is 18.6 Å². The van der Waals surface area contributed by atoms with Gasteiger partial charge in [0.2, 0.25) is 5.91 Å². The second-order valence-electron chi connectivity index (χ2n) is 7.27. The smallest absolute Gasteiger partial charge is 0.407 e. The van der Waals surface area contributed by atoms with Crippen LogP contribution in [0, 0.1) is 0 Å². The summed E-state index contributed by atoms with van der Waals surface area (Å²) in [7, 11) is 1.60. The van der Waals surface area contributed by atoms with Gasteiger partial charge < -0.3 is 25.4 Å². The number of rotatable bonds is 11. The third kappa shape index (κ3) is 7.74. The van der Waals surface area contributed by atoms with E-state index < -0.39 is 6.09 Å². The molecule has 1 aliphatic heterocycles. The third-order valence-electron chi connectivity index (χ3n) is 5.06. The number of alkyl carbamates (subject to hydrolysis) is 1. The minimum absolute atomic E-state index is 0.0314. The highest BCUT2D eigenvalue weighted by atomic mass is 16.5. The number of hydrogen-bond donors (Lipinski definition) is 4. The fraction of sp³-hybridized carbons (Fsp3) is 0.524. The number of hydrazine groups is 2. The number of amides is 2. The number of hydrogen-bond acceptors (Lipinski definition) is 8. The van der Waals surface area contributed by atoms with Gasteiger partial charge in [0.1, 0.15) is 12.3 Å². The van der Waals surface area contributed by atoms with Crippen LogP contribution in [0.1, 0.15) is 38.2 Å². The molecule has 6 N–H and O–H groups in total. The van der Waals surface area contributed by atoms with Gasteiger partial charge in [0, 0.05) is 18.2 Å². The van der Waals surface area contributed by atoms with Crippen molar-refractivity contribution in [2.45, 2.75) is 38.6 Å². The molecule has 10 heteroatoms. The number of allylic oxidation sites excluding steroid dienone is 1. The van der Waals surface area contributed by atoms with Crippen LogP contribution in [0.2, 0.25) is 0 Å². The van der Waals surface area contributed by atoms with Gasteiger partial charge in [0.05, 0.1) is 26.1 Å². The monoisotopic (exact) mass is 434 g/mol. The molecule has 1 aliphatic rings. The van der Waals surface area contributed by atoms with Crippen molar-refractivity contribution < 1.29 is 19.1 Å². The average molecular weight is 435 g/mol. The highest BCUT2D eigenvalue weighted by molar-refractivity contribution is 5.82. The Labute approximate surface area is 183 Å². The van der Waals surface area contributed by atoms with Crippen molar-refractivity contribution in [1.82, 2.24) is 15.6 Å². The molecule has 1 atom stereocenters. The molecule has 10 nitrogen and oxygen atoms in total. The van der Waals surface area contributed by atoms with Crippen molar-refractivity contribution >= 4 is 23.8 Å². The van der Waals surface area contributed by atoms with Crippen LogP contribution in [0.4, 0.5) is 10.5 Å². The van der Waals surface area contributed by atoms with Crippen molar-refractivity contribution in [3.8, 4) is 5.75 Å². The Balaban J connectivity index is 1.70. The summed E-state index contributed by atoms with van der Waals surface area (Å²) in [6.45, 7) is 3.22. The number of benzene rings is 1. The standard InChI is InChI=1S/C21H34N6O4/c1-16-7-6-11-26(16)20(28)14-24-21(29)31-12-5-3-4-8-17-13-18(27(23)25-15-22)9-10-19(17)30-2/h4,8-10,13,16,25H,3,5-7,11-12,14-15,22-23H2,1-2H3,(H,24,29)/b8-4+. The SMILES string of the molecule is COc1ccc(N(N)NCN)cc1/C=C/CCCOC(=O)NCC(=O)N1CCCC1C. The van der Waals surface area contributed by atoms with Crippen molar-refractivity contribution in [2.24, 2.45) is 11.6 Å². The Morgan fingerprint density at radius 1 is 1.39 bits per heavy atom. The molecule has 0 bridgehead atoms. The summed E-state index contributed by atoms with van der Waals surface area (Å²) in [5.74, 6) is 6.52. The Morgan fingerprint density at radius 2 is 2.19 bits per heavy atom. The molecule has 0 aromatic heterocycles. The van der Waals surface area contributed by atoms with Gasteiger partial charge in [0.25, 0.3) is 0 Å². The van der Waals surface area contributed by atoms with Gasteiger partial charge in [-0.1, -0.05) is 12.2 Å². The minimum atomic E-state index is -0.575. The van der Waals surface area contributed by atoms with E-state index >= 15 is 0 Å². The minimum Gasteiger partial charge on any atom is -0.496 e. The van der Waals surface area contributed by atoms with E-state index in [1.807, 2.05) is 37.3 Å². The lowest BCUT2D eigenvalue weighted by Gasteiger charge is -2.21. The highest BCUT2D eigenvalue weighted by Crippen LogP contribution is 2.25. The zero-order valence-electron chi connectivity index (χ0n) is 18.3. The van der Waals surface area contributed by atoms with Gasteiger partial charge in [-0.05, 0) is 50.8 Å². The molecule has 0 spiro atoms. The second-order valence-corrected chi connectivity index (χ2v) is 7.27. The summed E-state index contributed by atoms with van der Waals surface area (Å²) in [6.07, 6.45) is 6.70. The molecule has 172 valence electrons. The maximum atomic E-state index is 12.1. The van der Waals surface area contributed by atoms with Crippen LogP contribution in [0.25, 0.3) is 6.08 Å². The molecule has 31 heavy (non-hydrogen) atoms. The average Bonchev–Trinajstić information content (AvgIpc) is 3.20. The van der Waals surface area contributed by atoms with Crippen LogP contribution in [-0.2, 0) is 9.53 Å². The number of likely N-dealkylation sites (tertiary alicyclic amines) is 1. The molecule has 1 heterocycles. The first-order valence-corrected chi connectivity index (χ1v) is 10.5. The molecule has 0 saturated carbocycles. The quantitative estimate of drug-likeness (QED) is 0.177. The van der Waals surface area contributed by atoms with E-state index in [1.165, 1.54) is 5.12 Å². The number of unbranched alkanes of at least 4 members (excludes halogenated alkanes) is 1. The molecule has 1 fully saturated rings. The predicted octanol–water partition coefficient (Wildman–Crippen LogP) is 1.33. The Morgan fingerprint density at radius 3 is 2.87 bits per heavy atom. The summed E-state index contributed by atoms with van der Waals surface area (Å²) in [5, 5.41) is 3.87. The lowest BCUT2D eigenvalue weighted by Crippen LogP contribution is -2.46. The summed E-state index contributed by atoms with van der Waals surface area (Å²) in [6, 6.07) is 5.76. The van der Waals surface area contributed by atoms with Crippen molar-refractivity contribution in [3.05, 3.63) is 29.8 Å². The molecule has 0 radical (unpaired) electrons. The van der Waals surface area contributed by atoms with Crippen LogP contribution in [0.3, 0.4) is 0 Å². The fourth-order valence-electron chi connectivity index (χ4n) is 3.37. The molecule has 1 saturated heterocycles. The number of nitrogens with one attached hydrogen (secondary N) is 2. The van der Waals surface area contributed by atoms with E-state index in [2.05, 4.69) is 10.7 Å². The van der Waals surface area contributed by atoms with Crippen LogP contribution >= 0.6 is 0 Å². The predicted molar refractivity (Wildman–Crippen MR) is 120 cm³/mol. The van der Waals surface area contributed by atoms with Crippen LogP contribution < -0.4 is 32.2 Å². The summed E-state index contributed by atoms with van der Waals surface area (Å²) in [5.41, 5.74) is 9.85. The number of anilines is 1. The molecule has 2 amide bonds. The van der Waals surface area contributed by atoms with E-state index in [9.17, 15) is 9.59 Å². The number of ether oxygens (including phenoxy) is 2. The maximum Gasteiger partial charge on any atom is 0.407 e. The molecular formula is C21H34N6O4. The van der Waals surface area contributed by atoms with Crippen molar-refractivity contribution in [3.63, 3.8) is 0 Å². The third-order valence-corrected chi connectivity index (χ3v) is 5.06. The second kappa shape index (κ2) is 12.8. The number of carbonyl (C=O) groups excluding carboxylic acids is 2. The topological polar surface area (TPSA) is 135 Å². The fourth-order valence-corrected chi connectivity index (χ4v) is 3.37. The lowest BCUT2D eigenvalue weighted by atomic mass is 10.1. The molecule has 1 aromatic carbocycles. The Kier molecular flexibility index (Phi) is 10.1. The number of methoxy groups -OCH3 is 1. The van der Waals surface area contributed by atoms with Gasteiger partial charge in [-0.25, -0.2) is 21.2 Å². The van der Waals surface area contributed by atoms with E-state index in [4.69, 9.17) is 21.1 Å². The normalized spacial score (nSPS) is 15.9. The van der Waals surface area contributed by atoms with E-state index in [-0.39, 0.29) is 31.8 Å². The molecule has 0 aliphatic carbocycles. The summed E-state index contributed by atoms with van der Waals surface area (Å²) >= 11 is 0. The number of carbonyl (C=O) groups is 2. The first-order valence-electron chi connectivity index (χ1n) is 10.5. The number of nitrogens with two attached hydrogens (primary N) is 2. The first kappa shape index (κ1) is 24.4. The number of nitrogens with zero attached hydrogens (tertiary/aromatic N) is 2. The Hall–Kier alpha value is -2.82. The van der Waals surface area contributed by atoms with Crippen LogP contribution in [0.15, 0.2) is 24.3 Å². The van der Waals surface area contributed by atoms with Gasteiger partial charge in [-0.3, -0.25) is 4.79 Å². The van der Waals surface area contributed by atoms with Gasteiger partial charge in [-0.2, -0.15) is 0 Å². The van der Waals surface area contributed by atoms with Crippen LogP contribution in [-0.4, -0.2) is 56.4 Å². The van der Waals surface area contributed by atoms with Gasteiger partial charge in [0.15, 0.2) is 0 Å². The van der Waals surface area contributed by atoms with Crippen molar-refractivity contribution in [1.29, 1.82) is 0 Å². The zero-order valence-corrected chi connectivity index (χ0v) is 18.3. The van der Waals surface area contributed by atoms with E-state index in [1.54, 1.807) is 12.0 Å². The first-order chi connectivity index (χ1) is 15.0. The van der Waals surface area contributed by atoms with E-state index in [0.717, 1.165) is 30.6 Å². The molecular weight excluding hydrogens is 400 g/mol. The zero-order chi connectivity index (χ0) is 22.6. The Bertz CT molecular complexity index is 757. The van der Waals surface area contributed by atoms with Gasteiger partial charge in [-0.15, -0.1) is 0 Å². The maximum absolute atomic E-state index is 12.1. The van der Waals surface area contributed by atoms with Gasteiger partial charge >= 0.3 is 6.09 Å². The summed E-state index contributed by atoms with van der Waals surface area (Å²) < 4.78 is 10.5. The lowest BCUT2D eigenvalue weighted by molar-refractivity contribution is -0.130. The molecule has 1 unspecified atom stereocenters. The van der Waals surface area contributed by atoms with Crippen LogP contribution in [0.5, 0.6) is 5.75 Å².